The van der Waals surface area contributed by atoms with E-state index < -0.39 is 4.92 Å². The number of morpholine rings is 1. The predicted molar refractivity (Wildman–Crippen MR) is 97.3 cm³/mol. The van der Waals surface area contributed by atoms with E-state index in [-0.39, 0.29) is 11.5 Å². The Morgan fingerprint density at radius 3 is 2.64 bits per heavy atom. The summed E-state index contributed by atoms with van der Waals surface area (Å²) in [6, 6.07) is 0. The summed E-state index contributed by atoms with van der Waals surface area (Å²) in [5.41, 5.74) is -0.0490. The van der Waals surface area contributed by atoms with Crippen molar-refractivity contribution in [1.82, 2.24) is 20.4 Å². The minimum Gasteiger partial charge on any atom is -0.379 e. The van der Waals surface area contributed by atoms with Crippen molar-refractivity contribution in [2.45, 2.75) is 0 Å². The second kappa shape index (κ2) is 10.9. The van der Waals surface area contributed by atoms with Crippen molar-refractivity contribution in [1.29, 1.82) is 0 Å². The van der Waals surface area contributed by atoms with Gasteiger partial charge in [-0.15, -0.1) is 0 Å². The van der Waals surface area contributed by atoms with E-state index in [2.05, 4.69) is 32.1 Å². The van der Waals surface area contributed by atoms with Gasteiger partial charge in [0.05, 0.1) is 18.1 Å². The average Bonchev–Trinajstić information content (AvgIpc) is 2.64. The molecule has 2 aliphatic rings. The van der Waals surface area contributed by atoms with Crippen LogP contribution < -0.4 is 10.6 Å². The molecule has 25 heavy (non-hydrogen) atoms. The van der Waals surface area contributed by atoms with E-state index in [1.165, 1.54) is 6.08 Å². The fourth-order valence-corrected chi connectivity index (χ4v) is 2.82. The predicted octanol–water partition coefficient (Wildman–Crippen LogP) is -0.484. The highest BCUT2D eigenvalue weighted by molar-refractivity contribution is 5.31. The van der Waals surface area contributed by atoms with Gasteiger partial charge >= 0.3 is 5.70 Å². The van der Waals surface area contributed by atoms with E-state index in [1.54, 1.807) is 0 Å². The van der Waals surface area contributed by atoms with E-state index in [1.807, 2.05) is 6.08 Å². The largest absolute Gasteiger partial charge is 0.379 e. The molecular formula is C16H28N6O3. The van der Waals surface area contributed by atoms with Crippen molar-refractivity contribution in [2.24, 2.45) is 4.99 Å². The van der Waals surface area contributed by atoms with Crippen LogP contribution in [-0.2, 0) is 4.74 Å². The maximum atomic E-state index is 11.4. The highest BCUT2D eigenvalue weighted by Gasteiger charge is 2.16. The summed E-state index contributed by atoms with van der Waals surface area (Å²) in [5, 5.41) is 17.7. The number of rotatable bonds is 9. The molecule has 0 aliphatic carbocycles. The summed E-state index contributed by atoms with van der Waals surface area (Å²) < 4.78 is 5.31. The summed E-state index contributed by atoms with van der Waals surface area (Å²) in [4.78, 5) is 19.3. The molecule has 2 fully saturated rings. The van der Waals surface area contributed by atoms with Gasteiger partial charge in [0.2, 0.25) is 5.82 Å². The molecule has 0 aromatic carbocycles. The average molecular weight is 352 g/mol. The molecule has 9 heteroatoms. The van der Waals surface area contributed by atoms with Crippen LogP contribution in [-0.4, -0.2) is 93.6 Å². The molecule has 0 saturated carbocycles. The van der Waals surface area contributed by atoms with Crippen LogP contribution in [0.3, 0.4) is 0 Å². The van der Waals surface area contributed by atoms with E-state index >= 15 is 0 Å². The number of piperazine rings is 1. The Balaban J connectivity index is 1.87. The molecule has 9 nitrogen and oxygen atoms in total. The molecule has 2 saturated heterocycles. The lowest BCUT2D eigenvalue weighted by Gasteiger charge is -2.26. The minimum atomic E-state index is -0.417. The highest BCUT2D eigenvalue weighted by atomic mass is 16.6. The number of hydrogen-bond donors (Lipinski definition) is 2. The van der Waals surface area contributed by atoms with Gasteiger partial charge in [0.25, 0.3) is 0 Å². The van der Waals surface area contributed by atoms with Crippen LogP contribution in [0.15, 0.2) is 28.7 Å². The standard InChI is InChI=1S/C16H28N6O3/c1-17-16(19-6-10-21-11-13-25-14-12-21)15(22(23)24)3-2-7-20-8-4-18-5-9-20/h2-3,18-19H,1,4-14H2/b3-2-,16-15-. The van der Waals surface area contributed by atoms with Crippen molar-refractivity contribution in [3.05, 3.63) is 33.8 Å². The summed E-state index contributed by atoms with van der Waals surface area (Å²) in [5.74, 6) is 0.217. The van der Waals surface area contributed by atoms with Crippen LogP contribution in [0.2, 0.25) is 0 Å². The zero-order valence-electron chi connectivity index (χ0n) is 14.7. The maximum absolute atomic E-state index is 11.4. The Bertz CT molecular complexity index is 496. The van der Waals surface area contributed by atoms with E-state index in [9.17, 15) is 10.1 Å². The Kier molecular flexibility index (Phi) is 8.53. The molecule has 0 unspecified atom stereocenters. The monoisotopic (exact) mass is 352 g/mol. The Hall–Kier alpha value is -1.81. The first kappa shape index (κ1) is 19.5. The van der Waals surface area contributed by atoms with Crippen molar-refractivity contribution in [2.75, 3.05) is 72.1 Å². The fourth-order valence-electron chi connectivity index (χ4n) is 2.82. The number of ether oxygens (including phenoxy) is 1. The molecule has 2 heterocycles. The first-order valence-corrected chi connectivity index (χ1v) is 8.69. The number of nitrogens with one attached hydrogen (secondary N) is 2. The number of nitrogens with zero attached hydrogens (tertiary/aromatic N) is 4. The van der Waals surface area contributed by atoms with E-state index in [0.29, 0.717) is 13.1 Å². The van der Waals surface area contributed by atoms with Crippen molar-refractivity contribution in [3.8, 4) is 0 Å². The van der Waals surface area contributed by atoms with Crippen LogP contribution in [0.25, 0.3) is 0 Å². The van der Waals surface area contributed by atoms with Gasteiger partial charge in [0, 0.05) is 65.0 Å². The number of hydrogen-bond acceptors (Lipinski definition) is 8. The fraction of sp³-hybridized carbons (Fsp3) is 0.688. The van der Waals surface area contributed by atoms with Gasteiger partial charge in [0.1, 0.15) is 0 Å². The van der Waals surface area contributed by atoms with Gasteiger partial charge in [-0.2, -0.15) is 0 Å². The van der Waals surface area contributed by atoms with E-state index in [4.69, 9.17) is 4.74 Å². The Morgan fingerprint density at radius 1 is 1.28 bits per heavy atom. The molecule has 0 aromatic rings. The lowest BCUT2D eigenvalue weighted by atomic mass is 10.3. The first-order chi connectivity index (χ1) is 12.2. The lowest BCUT2D eigenvalue weighted by Crippen LogP contribution is -2.43. The molecule has 0 bridgehead atoms. The van der Waals surface area contributed by atoms with Gasteiger partial charge in [-0.05, 0) is 6.72 Å². The molecule has 2 rings (SSSR count). The third-order valence-corrected chi connectivity index (χ3v) is 4.27. The minimum absolute atomic E-state index is 0.0490. The third kappa shape index (κ3) is 6.91. The summed E-state index contributed by atoms with van der Waals surface area (Å²) in [7, 11) is 0. The molecular weight excluding hydrogens is 324 g/mol. The van der Waals surface area contributed by atoms with Gasteiger partial charge in [-0.25, -0.2) is 4.99 Å². The first-order valence-electron chi connectivity index (χ1n) is 8.69. The normalized spacial score (nSPS) is 21.1. The SMILES string of the molecule is C=N/C(NCCN1CCOCC1)=C(\C=C/CN1CCNCC1)[N+](=O)[O-]. The van der Waals surface area contributed by atoms with Crippen molar-refractivity contribution in [3.63, 3.8) is 0 Å². The van der Waals surface area contributed by atoms with Gasteiger partial charge < -0.3 is 15.4 Å². The molecule has 0 radical (unpaired) electrons. The molecule has 2 N–H and O–H groups in total. The van der Waals surface area contributed by atoms with Crippen molar-refractivity contribution >= 4 is 6.72 Å². The molecule has 0 atom stereocenters. The summed E-state index contributed by atoms with van der Waals surface area (Å²) in [6.07, 6.45) is 3.34. The second-order valence-corrected chi connectivity index (χ2v) is 5.98. The molecule has 0 aromatic heterocycles. The zero-order valence-corrected chi connectivity index (χ0v) is 14.7. The second-order valence-electron chi connectivity index (χ2n) is 5.98. The quantitative estimate of drug-likeness (QED) is 0.250. The smallest absolute Gasteiger partial charge is 0.311 e. The van der Waals surface area contributed by atoms with Crippen LogP contribution in [0.4, 0.5) is 0 Å². The Labute approximate surface area is 148 Å². The van der Waals surface area contributed by atoms with Gasteiger partial charge in [-0.1, -0.05) is 6.08 Å². The highest BCUT2D eigenvalue weighted by Crippen LogP contribution is 2.07. The lowest BCUT2D eigenvalue weighted by molar-refractivity contribution is -0.420. The maximum Gasteiger partial charge on any atom is 0.311 e. The van der Waals surface area contributed by atoms with Gasteiger partial charge in [0.15, 0.2) is 0 Å². The van der Waals surface area contributed by atoms with E-state index in [0.717, 1.165) is 59.0 Å². The zero-order chi connectivity index (χ0) is 17.9. The van der Waals surface area contributed by atoms with Crippen LogP contribution >= 0.6 is 0 Å². The summed E-state index contributed by atoms with van der Waals surface area (Å²) >= 11 is 0. The number of allylic oxidation sites excluding steroid dienone is 1. The molecule has 0 spiro atoms. The Morgan fingerprint density at radius 2 is 2.00 bits per heavy atom. The van der Waals surface area contributed by atoms with Crippen LogP contribution in [0, 0.1) is 10.1 Å². The van der Waals surface area contributed by atoms with Gasteiger partial charge in [-0.3, -0.25) is 19.9 Å². The molecule has 140 valence electrons. The van der Waals surface area contributed by atoms with Crippen LogP contribution in [0.5, 0.6) is 0 Å². The summed E-state index contributed by atoms with van der Waals surface area (Å²) in [6.45, 7) is 12.6. The third-order valence-electron chi connectivity index (χ3n) is 4.27. The topological polar surface area (TPSA) is 95.3 Å². The number of nitro groups is 1. The molecule has 0 amide bonds. The van der Waals surface area contributed by atoms with Crippen LogP contribution in [0.1, 0.15) is 0 Å². The van der Waals surface area contributed by atoms with Crippen molar-refractivity contribution < 1.29 is 9.66 Å². The number of aliphatic imine (C=N–C) groups is 1. The molecule has 2 aliphatic heterocycles.